The van der Waals surface area contributed by atoms with Crippen molar-refractivity contribution in [3.05, 3.63) is 29.8 Å². The van der Waals surface area contributed by atoms with Crippen LogP contribution in [0.15, 0.2) is 29.3 Å². The first-order valence-corrected chi connectivity index (χ1v) is 8.09. The zero-order valence-electron chi connectivity index (χ0n) is 14.3. The SMILES string of the molecule is CCNC(=NCC(=O)Nc1cccc(CC)c1)NCCCOC. The number of guanidine groups is 1. The molecule has 0 saturated carbocycles. The average molecular weight is 320 g/mol. The standard InChI is InChI=1S/C17H28N4O2/c1-4-14-8-6-9-15(12-14)21-16(22)13-20-17(18-5-2)19-10-7-11-23-3/h6,8-9,12H,4-5,7,10-11,13H2,1-3H3,(H,21,22)(H2,18,19,20). The molecular weight excluding hydrogens is 292 g/mol. The van der Waals surface area contributed by atoms with E-state index < -0.39 is 0 Å². The van der Waals surface area contributed by atoms with E-state index in [0.29, 0.717) is 12.6 Å². The molecule has 0 fully saturated rings. The van der Waals surface area contributed by atoms with Gasteiger partial charge >= 0.3 is 0 Å². The summed E-state index contributed by atoms with van der Waals surface area (Å²) in [4.78, 5) is 16.3. The normalized spacial score (nSPS) is 11.2. The number of aliphatic imine (C=N–C) groups is 1. The zero-order valence-corrected chi connectivity index (χ0v) is 14.3. The van der Waals surface area contributed by atoms with Gasteiger partial charge in [-0.05, 0) is 37.5 Å². The van der Waals surface area contributed by atoms with E-state index in [9.17, 15) is 4.79 Å². The lowest BCUT2D eigenvalue weighted by Gasteiger charge is -2.11. The number of aryl methyl sites for hydroxylation is 1. The molecule has 0 radical (unpaired) electrons. The van der Waals surface area contributed by atoms with Gasteiger partial charge in [0.1, 0.15) is 6.54 Å². The monoisotopic (exact) mass is 320 g/mol. The van der Waals surface area contributed by atoms with Crippen molar-refractivity contribution in [3.8, 4) is 0 Å². The summed E-state index contributed by atoms with van der Waals surface area (Å²) in [6.45, 7) is 6.35. The Morgan fingerprint density at radius 2 is 2.09 bits per heavy atom. The molecule has 0 aliphatic heterocycles. The van der Waals surface area contributed by atoms with Crippen LogP contribution in [-0.2, 0) is 16.0 Å². The minimum Gasteiger partial charge on any atom is -0.385 e. The van der Waals surface area contributed by atoms with Crippen LogP contribution in [0.1, 0.15) is 25.8 Å². The van der Waals surface area contributed by atoms with E-state index in [-0.39, 0.29) is 12.5 Å². The van der Waals surface area contributed by atoms with Crippen molar-refractivity contribution in [1.29, 1.82) is 0 Å². The number of rotatable bonds is 9. The number of nitrogens with one attached hydrogen (secondary N) is 3. The Labute approximate surface area is 138 Å². The molecule has 128 valence electrons. The Bertz CT molecular complexity index is 503. The lowest BCUT2D eigenvalue weighted by molar-refractivity contribution is -0.114. The fraction of sp³-hybridized carbons (Fsp3) is 0.529. The van der Waals surface area contributed by atoms with Crippen molar-refractivity contribution < 1.29 is 9.53 Å². The first-order valence-electron chi connectivity index (χ1n) is 8.09. The maximum Gasteiger partial charge on any atom is 0.246 e. The minimum absolute atomic E-state index is 0.0793. The van der Waals surface area contributed by atoms with E-state index in [2.05, 4.69) is 27.9 Å². The summed E-state index contributed by atoms with van der Waals surface area (Å²) in [5.74, 6) is 0.508. The molecule has 0 aromatic heterocycles. The van der Waals surface area contributed by atoms with E-state index in [1.165, 1.54) is 5.56 Å². The summed E-state index contributed by atoms with van der Waals surface area (Å²) >= 11 is 0. The van der Waals surface area contributed by atoms with E-state index >= 15 is 0 Å². The van der Waals surface area contributed by atoms with Gasteiger partial charge in [0, 0.05) is 32.5 Å². The molecule has 0 aliphatic carbocycles. The van der Waals surface area contributed by atoms with Crippen LogP contribution >= 0.6 is 0 Å². The van der Waals surface area contributed by atoms with Gasteiger partial charge in [-0.15, -0.1) is 0 Å². The molecule has 0 aliphatic rings. The van der Waals surface area contributed by atoms with Crippen LogP contribution in [0.5, 0.6) is 0 Å². The molecule has 0 spiro atoms. The Hall–Kier alpha value is -2.08. The minimum atomic E-state index is -0.132. The van der Waals surface area contributed by atoms with Gasteiger partial charge in [-0.25, -0.2) is 4.99 Å². The summed E-state index contributed by atoms with van der Waals surface area (Å²) in [5, 5.41) is 9.16. The van der Waals surface area contributed by atoms with Gasteiger partial charge in [-0.2, -0.15) is 0 Å². The highest BCUT2D eigenvalue weighted by atomic mass is 16.5. The van der Waals surface area contributed by atoms with Gasteiger partial charge in [0.05, 0.1) is 0 Å². The summed E-state index contributed by atoms with van der Waals surface area (Å²) in [5.41, 5.74) is 2.00. The molecule has 0 unspecified atom stereocenters. The van der Waals surface area contributed by atoms with Crippen LogP contribution < -0.4 is 16.0 Å². The number of ether oxygens (including phenoxy) is 1. The van der Waals surface area contributed by atoms with Crippen LogP contribution in [-0.4, -0.2) is 45.2 Å². The number of methoxy groups -OCH3 is 1. The van der Waals surface area contributed by atoms with Crippen LogP contribution in [0, 0.1) is 0 Å². The fourth-order valence-electron chi connectivity index (χ4n) is 1.99. The smallest absolute Gasteiger partial charge is 0.246 e. The topological polar surface area (TPSA) is 74.8 Å². The lowest BCUT2D eigenvalue weighted by Crippen LogP contribution is -2.38. The predicted molar refractivity (Wildman–Crippen MR) is 94.9 cm³/mol. The van der Waals surface area contributed by atoms with Gasteiger partial charge in [0.25, 0.3) is 0 Å². The first-order chi connectivity index (χ1) is 11.2. The highest BCUT2D eigenvalue weighted by Gasteiger charge is 2.03. The van der Waals surface area contributed by atoms with Gasteiger partial charge in [-0.1, -0.05) is 19.1 Å². The highest BCUT2D eigenvalue weighted by molar-refractivity contribution is 5.94. The largest absolute Gasteiger partial charge is 0.385 e. The van der Waals surface area contributed by atoms with Crippen LogP contribution in [0.4, 0.5) is 5.69 Å². The number of hydrogen-bond donors (Lipinski definition) is 3. The molecule has 1 amide bonds. The molecule has 23 heavy (non-hydrogen) atoms. The third-order valence-corrected chi connectivity index (χ3v) is 3.16. The van der Waals surface area contributed by atoms with Crippen molar-refractivity contribution in [3.63, 3.8) is 0 Å². The van der Waals surface area contributed by atoms with E-state index in [1.807, 2.05) is 31.2 Å². The van der Waals surface area contributed by atoms with E-state index in [0.717, 1.165) is 31.6 Å². The molecule has 0 bridgehead atoms. The summed E-state index contributed by atoms with van der Waals surface area (Å²) in [7, 11) is 1.68. The van der Waals surface area contributed by atoms with Gasteiger partial charge in [0.15, 0.2) is 5.96 Å². The number of carbonyl (C=O) groups is 1. The zero-order chi connectivity index (χ0) is 16.9. The number of amides is 1. The number of carbonyl (C=O) groups excluding carboxylic acids is 1. The predicted octanol–water partition coefficient (Wildman–Crippen LogP) is 1.78. The van der Waals surface area contributed by atoms with Crippen molar-refractivity contribution in [2.75, 3.05) is 38.7 Å². The first kappa shape index (κ1) is 19.0. The number of hydrogen-bond acceptors (Lipinski definition) is 3. The number of nitrogens with zero attached hydrogens (tertiary/aromatic N) is 1. The van der Waals surface area contributed by atoms with Crippen molar-refractivity contribution >= 4 is 17.6 Å². The van der Waals surface area contributed by atoms with Crippen LogP contribution in [0.3, 0.4) is 0 Å². The molecule has 1 aromatic rings. The Morgan fingerprint density at radius 3 is 2.78 bits per heavy atom. The van der Waals surface area contributed by atoms with Gasteiger partial charge in [-0.3, -0.25) is 4.79 Å². The Balaban J connectivity index is 2.48. The number of benzene rings is 1. The molecule has 0 atom stereocenters. The maximum atomic E-state index is 12.0. The second kappa shape index (κ2) is 11.5. The molecule has 0 heterocycles. The van der Waals surface area contributed by atoms with Gasteiger partial charge in [0.2, 0.25) is 5.91 Å². The fourth-order valence-corrected chi connectivity index (χ4v) is 1.99. The summed E-state index contributed by atoms with van der Waals surface area (Å²) in [6, 6.07) is 7.85. The van der Waals surface area contributed by atoms with Crippen molar-refractivity contribution in [2.24, 2.45) is 4.99 Å². The third-order valence-electron chi connectivity index (χ3n) is 3.16. The van der Waals surface area contributed by atoms with Crippen molar-refractivity contribution in [1.82, 2.24) is 10.6 Å². The quantitative estimate of drug-likeness (QED) is 0.368. The Morgan fingerprint density at radius 1 is 1.26 bits per heavy atom. The second-order valence-corrected chi connectivity index (χ2v) is 5.07. The van der Waals surface area contributed by atoms with E-state index in [4.69, 9.17) is 4.74 Å². The molecule has 6 nitrogen and oxygen atoms in total. The molecule has 1 aromatic carbocycles. The van der Waals surface area contributed by atoms with Crippen molar-refractivity contribution in [2.45, 2.75) is 26.7 Å². The Kier molecular flexibility index (Phi) is 9.47. The van der Waals surface area contributed by atoms with Crippen LogP contribution in [0.2, 0.25) is 0 Å². The maximum absolute atomic E-state index is 12.0. The second-order valence-electron chi connectivity index (χ2n) is 5.07. The molecular formula is C17H28N4O2. The van der Waals surface area contributed by atoms with E-state index in [1.54, 1.807) is 7.11 Å². The molecule has 0 saturated heterocycles. The lowest BCUT2D eigenvalue weighted by atomic mass is 10.1. The number of anilines is 1. The van der Waals surface area contributed by atoms with Gasteiger partial charge < -0.3 is 20.7 Å². The molecule has 1 rings (SSSR count). The molecule has 6 heteroatoms. The molecule has 3 N–H and O–H groups in total. The summed E-state index contributed by atoms with van der Waals surface area (Å²) in [6.07, 6.45) is 1.83. The third kappa shape index (κ3) is 8.21. The highest BCUT2D eigenvalue weighted by Crippen LogP contribution is 2.10. The average Bonchev–Trinajstić information content (AvgIpc) is 2.56. The van der Waals surface area contributed by atoms with Crippen LogP contribution in [0.25, 0.3) is 0 Å². The summed E-state index contributed by atoms with van der Waals surface area (Å²) < 4.78 is 5.00.